The minimum absolute atomic E-state index is 0.540. The van der Waals surface area contributed by atoms with Gasteiger partial charge in [0.1, 0.15) is 5.82 Å². The summed E-state index contributed by atoms with van der Waals surface area (Å²) in [6.07, 6.45) is 0. The van der Waals surface area contributed by atoms with Crippen LogP contribution in [0.1, 0.15) is 18.6 Å². The lowest BCUT2D eigenvalue weighted by molar-refractivity contribution is 0.0449. The van der Waals surface area contributed by atoms with Crippen molar-refractivity contribution in [3.8, 4) is 0 Å². The number of aryl methyl sites for hydroxylation is 1. The van der Waals surface area contributed by atoms with Crippen molar-refractivity contribution < 1.29 is 4.84 Å². The third-order valence-corrected chi connectivity index (χ3v) is 1.12. The van der Waals surface area contributed by atoms with Crippen LogP contribution in [0, 0.1) is 6.92 Å². The summed E-state index contributed by atoms with van der Waals surface area (Å²) in [6.45, 7) is 4.95. The Bertz CT molecular complexity index is 210. The van der Waals surface area contributed by atoms with Gasteiger partial charge in [-0.3, -0.25) is 5.10 Å². The Kier molecular flexibility index (Phi) is 3.00. The first-order valence-corrected chi connectivity index (χ1v) is 3.55. The van der Waals surface area contributed by atoms with E-state index in [-0.39, 0.29) is 0 Å². The molecule has 0 unspecified atom stereocenters. The first-order valence-electron chi connectivity index (χ1n) is 3.55. The average molecular weight is 156 g/mol. The fourth-order valence-electron chi connectivity index (χ4n) is 0.686. The third-order valence-electron chi connectivity index (χ3n) is 1.12. The molecule has 0 saturated carbocycles. The maximum atomic E-state index is 4.90. The van der Waals surface area contributed by atoms with Gasteiger partial charge in [0.2, 0.25) is 0 Å². The van der Waals surface area contributed by atoms with E-state index in [2.05, 4.69) is 20.7 Å². The third kappa shape index (κ3) is 2.65. The van der Waals surface area contributed by atoms with Gasteiger partial charge in [-0.2, -0.15) is 10.6 Å². The molecule has 0 atom stereocenters. The molecule has 1 aromatic heterocycles. The summed E-state index contributed by atoms with van der Waals surface area (Å²) < 4.78 is 0. The second-order valence-electron chi connectivity index (χ2n) is 2.09. The van der Waals surface area contributed by atoms with E-state index in [4.69, 9.17) is 4.84 Å². The molecule has 0 aliphatic rings. The number of hydrogen-bond donors (Lipinski definition) is 2. The molecule has 0 amide bonds. The zero-order chi connectivity index (χ0) is 8.10. The summed E-state index contributed by atoms with van der Waals surface area (Å²) in [5.41, 5.74) is 2.72. The van der Waals surface area contributed by atoms with E-state index in [1.54, 1.807) is 0 Å². The van der Waals surface area contributed by atoms with Gasteiger partial charge in [0.05, 0.1) is 13.2 Å². The van der Waals surface area contributed by atoms with Crippen LogP contribution in [0.2, 0.25) is 0 Å². The Labute approximate surface area is 65.1 Å². The lowest BCUT2D eigenvalue weighted by Gasteiger charge is -1.97. The second-order valence-corrected chi connectivity index (χ2v) is 2.09. The molecule has 1 heterocycles. The fourth-order valence-corrected chi connectivity index (χ4v) is 0.686. The summed E-state index contributed by atoms with van der Waals surface area (Å²) in [7, 11) is 0. The molecule has 0 saturated heterocycles. The van der Waals surface area contributed by atoms with Crippen molar-refractivity contribution in [2.45, 2.75) is 20.4 Å². The number of H-pyrrole nitrogens is 1. The van der Waals surface area contributed by atoms with Gasteiger partial charge < -0.3 is 4.84 Å². The summed E-state index contributed by atoms with van der Waals surface area (Å²) in [5, 5.41) is 6.65. The van der Waals surface area contributed by atoms with Crippen LogP contribution in [0.4, 0.5) is 0 Å². The van der Waals surface area contributed by atoms with Gasteiger partial charge in [0, 0.05) is 0 Å². The van der Waals surface area contributed by atoms with E-state index in [0.29, 0.717) is 13.2 Å². The fraction of sp³-hybridized carbons (Fsp3) is 0.667. The first-order chi connectivity index (χ1) is 5.33. The normalized spacial score (nSPS) is 10.4. The highest BCUT2D eigenvalue weighted by Crippen LogP contribution is 1.88. The molecule has 0 aromatic carbocycles. The SMILES string of the molecule is CCONCc1n[nH]c(C)n1. The van der Waals surface area contributed by atoms with Crippen LogP contribution in [0.25, 0.3) is 0 Å². The second kappa shape index (κ2) is 4.05. The van der Waals surface area contributed by atoms with E-state index in [1.165, 1.54) is 0 Å². The van der Waals surface area contributed by atoms with Crippen molar-refractivity contribution in [1.29, 1.82) is 0 Å². The summed E-state index contributed by atoms with van der Waals surface area (Å²) in [6, 6.07) is 0. The Morgan fingerprint density at radius 1 is 1.64 bits per heavy atom. The van der Waals surface area contributed by atoms with Gasteiger partial charge >= 0.3 is 0 Å². The lowest BCUT2D eigenvalue weighted by atomic mass is 10.6. The van der Waals surface area contributed by atoms with Gasteiger partial charge in [0.15, 0.2) is 5.82 Å². The minimum atomic E-state index is 0.540. The smallest absolute Gasteiger partial charge is 0.166 e. The summed E-state index contributed by atoms with van der Waals surface area (Å²) >= 11 is 0. The molecule has 0 aliphatic carbocycles. The molecule has 0 fully saturated rings. The highest BCUT2D eigenvalue weighted by molar-refractivity contribution is 4.85. The van der Waals surface area contributed by atoms with Crippen molar-refractivity contribution in [3.05, 3.63) is 11.6 Å². The molecule has 1 rings (SSSR count). The molecular weight excluding hydrogens is 144 g/mol. The minimum Gasteiger partial charge on any atom is -0.302 e. The maximum Gasteiger partial charge on any atom is 0.166 e. The van der Waals surface area contributed by atoms with E-state index < -0.39 is 0 Å². The van der Waals surface area contributed by atoms with Crippen LogP contribution in [-0.4, -0.2) is 21.8 Å². The molecule has 2 N–H and O–H groups in total. The molecule has 5 nitrogen and oxygen atoms in total. The van der Waals surface area contributed by atoms with E-state index in [1.807, 2.05) is 13.8 Å². The topological polar surface area (TPSA) is 62.8 Å². The summed E-state index contributed by atoms with van der Waals surface area (Å²) in [5.74, 6) is 1.54. The number of nitrogens with zero attached hydrogens (tertiary/aromatic N) is 2. The molecule has 1 aromatic rings. The quantitative estimate of drug-likeness (QED) is 0.481. The van der Waals surface area contributed by atoms with Crippen molar-refractivity contribution in [2.24, 2.45) is 0 Å². The molecule has 0 bridgehead atoms. The van der Waals surface area contributed by atoms with Gasteiger partial charge in [-0.25, -0.2) is 4.98 Å². The monoisotopic (exact) mass is 156 g/mol. The van der Waals surface area contributed by atoms with Crippen LogP contribution in [-0.2, 0) is 11.4 Å². The Balaban J connectivity index is 2.27. The van der Waals surface area contributed by atoms with Crippen LogP contribution in [0.5, 0.6) is 0 Å². The number of nitrogens with one attached hydrogen (secondary N) is 2. The van der Waals surface area contributed by atoms with Crippen molar-refractivity contribution in [3.63, 3.8) is 0 Å². The molecule has 11 heavy (non-hydrogen) atoms. The van der Waals surface area contributed by atoms with Gasteiger partial charge in [-0.15, -0.1) is 0 Å². The van der Waals surface area contributed by atoms with Gasteiger partial charge in [0.25, 0.3) is 0 Å². The number of rotatable bonds is 4. The van der Waals surface area contributed by atoms with Gasteiger partial charge in [-0.1, -0.05) is 0 Å². The highest BCUT2D eigenvalue weighted by atomic mass is 16.6. The van der Waals surface area contributed by atoms with E-state index in [9.17, 15) is 0 Å². The maximum absolute atomic E-state index is 4.90. The van der Waals surface area contributed by atoms with Crippen molar-refractivity contribution >= 4 is 0 Å². The molecule has 5 heteroatoms. The number of hydroxylamine groups is 1. The van der Waals surface area contributed by atoms with Gasteiger partial charge in [-0.05, 0) is 13.8 Å². The van der Waals surface area contributed by atoms with Crippen molar-refractivity contribution in [2.75, 3.05) is 6.61 Å². The number of aromatic nitrogens is 3. The Morgan fingerprint density at radius 3 is 3.00 bits per heavy atom. The predicted molar refractivity (Wildman–Crippen MR) is 39.6 cm³/mol. The average Bonchev–Trinajstić information content (AvgIpc) is 2.37. The first kappa shape index (κ1) is 8.16. The Hall–Kier alpha value is -0.940. The van der Waals surface area contributed by atoms with Crippen molar-refractivity contribution in [1.82, 2.24) is 20.7 Å². The Morgan fingerprint density at radius 2 is 2.45 bits per heavy atom. The summed E-state index contributed by atoms with van der Waals surface area (Å²) in [4.78, 5) is 8.98. The zero-order valence-corrected chi connectivity index (χ0v) is 6.72. The number of aromatic amines is 1. The van der Waals surface area contributed by atoms with E-state index >= 15 is 0 Å². The zero-order valence-electron chi connectivity index (χ0n) is 6.72. The molecular formula is C6H12N4O. The standard InChI is InChI=1S/C6H12N4O/c1-3-11-7-4-6-8-5(2)9-10-6/h7H,3-4H2,1-2H3,(H,8,9,10). The molecule has 0 spiro atoms. The van der Waals surface area contributed by atoms with Crippen LogP contribution in [0.15, 0.2) is 0 Å². The predicted octanol–water partition coefficient (Wildman–Crippen LogP) is 0.154. The molecule has 0 aliphatic heterocycles. The van der Waals surface area contributed by atoms with Crippen LogP contribution in [0.3, 0.4) is 0 Å². The molecule has 0 radical (unpaired) electrons. The van der Waals surface area contributed by atoms with E-state index in [0.717, 1.165) is 11.6 Å². The largest absolute Gasteiger partial charge is 0.302 e. The number of hydrogen-bond acceptors (Lipinski definition) is 4. The van der Waals surface area contributed by atoms with Crippen LogP contribution < -0.4 is 5.48 Å². The lowest BCUT2D eigenvalue weighted by Crippen LogP contribution is -2.14. The highest BCUT2D eigenvalue weighted by Gasteiger charge is 1.96. The molecule has 62 valence electrons. The van der Waals surface area contributed by atoms with Crippen LogP contribution >= 0.6 is 0 Å².